The highest BCUT2D eigenvalue weighted by molar-refractivity contribution is 6.30. The lowest BCUT2D eigenvalue weighted by molar-refractivity contribution is 0.140. The third kappa shape index (κ3) is 5.91. The molecule has 0 bridgehead atoms. The van der Waals surface area contributed by atoms with Gasteiger partial charge < -0.3 is 9.47 Å². The minimum atomic E-state index is -0.358. The van der Waals surface area contributed by atoms with Crippen LogP contribution in [0.25, 0.3) is 0 Å². The Hall–Kier alpha value is -1.78. The van der Waals surface area contributed by atoms with Crippen LogP contribution in [0.5, 0.6) is 17.2 Å². The molecule has 0 aliphatic rings. The van der Waals surface area contributed by atoms with E-state index in [-0.39, 0.29) is 5.82 Å². The van der Waals surface area contributed by atoms with E-state index < -0.39 is 0 Å². The quantitative estimate of drug-likeness (QED) is 0.592. The number of halogens is 2. The van der Waals surface area contributed by atoms with Gasteiger partial charge in [-0.25, -0.2) is 4.39 Å². The fourth-order valence-corrected chi connectivity index (χ4v) is 2.81. The van der Waals surface area contributed by atoms with Crippen LogP contribution >= 0.6 is 11.6 Å². The average molecular weight is 366 g/mol. The van der Waals surface area contributed by atoms with Crippen LogP contribution in [0.1, 0.15) is 27.7 Å². The maximum Gasteiger partial charge on any atom is 0.169 e. The Kier molecular flexibility index (Phi) is 7.09. The van der Waals surface area contributed by atoms with Crippen LogP contribution in [0, 0.1) is 5.82 Å². The number of rotatable bonds is 8. The van der Waals surface area contributed by atoms with E-state index in [2.05, 4.69) is 32.6 Å². The Morgan fingerprint density at radius 1 is 0.960 bits per heavy atom. The number of benzene rings is 2. The van der Waals surface area contributed by atoms with Gasteiger partial charge in [0.25, 0.3) is 0 Å². The molecule has 2 aromatic carbocycles. The molecule has 0 radical (unpaired) electrons. The zero-order chi connectivity index (χ0) is 18.4. The fourth-order valence-electron chi connectivity index (χ4n) is 2.68. The van der Waals surface area contributed by atoms with Crippen LogP contribution in [-0.4, -0.2) is 30.1 Å². The third-order valence-corrected chi connectivity index (χ3v) is 4.13. The lowest BCUT2D eigenvalue weighted by atomic mass is 10.2. The van der Waals surface area contributed by atoms with Gasteiger partial charge in [0.1, 0.15) is 18.2 Å². The zero-order valence-electron chi connectivity index (χ0n) is 15.1. The summed E-state index contributed by atoms with van der Waals surface area (Å²) in [6.45, 7) is 9.81. The van der Waals surface area contributed by atoms with Crippen molar-refractivity contribution < 1.29 is 13.9 Å². The molecule has 0 N–H and O–H groups in total. The highest BCUT2D eigenvalue weighted by atomic mass is 35.5. The molecule has 3 nitrogen and oxygen atoms in total. The van der Waals surface area contributed by atoms with Gasteiger partial charge in [-0.05, 0) is 64.1 Å². The summed E-state index contributed by atoms with van der Waals surface area (Å²) in [6.07, 6.45) is 0. The first-order valence-corrected chi connectivity index (χ1v) is 8.86. The summed E-state index contributed by atoms with van der Waals surface area (Å²) in [5.41, 5.74) is 0. The van der Waals surface area contributed by atoms with E-state index in [0.717, 1.165) is 6.54 Å². The predicted octanol–water partition coefficient (Wildman–Crippen LogP) is 5.77. The van der Waals surface area contributed by atoms with Crippen LogP contribution in [0.3, 0.4) is 0 Å². The van der Waals surface area contributed by atoms with Crippen LogP contribution in [0.4, 0.5) is 4.39 Å². The smallest absolute Gasteiger partial charge is 0.169 e. The standard InChI is InChI=1S/C20H25ClFNO2/c1-14(2)23(15(3)4)11-12-24-20-13-17(22)7-10-19(20)25-18-8-5-16(21)6-9-18/h5-10,13-15H,11-12H2,1-4H3. The molecule has 5 heteroatoms. The van der Waals surface area contributed by atoms with Gasteiger partial charge in [-0.3, -0.25) is 4.90 Å². The Balaban J connectivity index is 2.06. The summed E-state index contributed by atoms with van der Waals surface area (Å²) in [5.74, 6) is 1.13. The van der Waals surface area contributed by atoms with E-state index >= 15 is 0 Å². The molecule has 0 aromatic heterocycles. The van der Waals surface area contributed by atoms with Crippen LogP contribution < -0.4 is 9.47 Å². The molecule has 25 heavy (non-hydrogen) atoms. The molecule has 0 spiro atoms. The number of hydrogen-bond acceptors (Lipinski definition) is 3. The molecular formula is C20H25ClFNO2. The second-order valence-corrected chi connectivity index (χ2v) is 6.86. The molecule has 2 rings (SSSR count). The van der Waals surface area contributed by atoms with Crippen molar-refractivity contribution in [2.24, 2.45) is 0 Å². The van der Waals surface area contributed by atoms with Crippen LogP contribution in [0.2, 0.25) is 5.02 Å². The van der Waals surface area contributed by atoms with Crippen molar-refractivity contribution in [3.8, 4) is 17.2 Å². The Bertz CT molecular complexity index is 666. The minimum absolute atomic E-state index is 0.358. The predicted molar refractivity (Wildman–Crippen MR) is 100 cm³/mol. The Labute approximate surface area is 154 Å². The first-order chi connectivity index (χ1) is 11.9. The van der Waals surface area contributed by atoms with Gasteiger partial charge in [-0.2, -0.15) is 0 Å². The van der Waals surface area contributed by atoms with E-state index in [0.29, 0.717) is 41.0 Å². The van der Waals surface area contributed by atoms with E-state index in [1.54, 1.807) is 30.3 Å². The van der Waals surface area contributed by atoms with Crippen molar-refractivity contribution in [2.45, 2.75) is 39.8 Å². The first-order valence-electron chi connectivity index (χ1n) is 8.48. The summed E-state index contributed by atoms with van der Waals surface area (Å²) in [7, 11) is 0. The molecule has 0 fully saturated rings. The van der Waals surface area contributed by atoms with Gasteiger partial charge in [0.05, 0.1) is 0 Å². The molecule has 0 atom stereocenters. The van der Waals surface area contributed by atoms with E-state index in [4.69, 9.17) is 21.1 Å². The van der Waals surface area contributed by atoms with Gasteiger partial charge in [0, 0.05) is 29.7 Å². The normalized spacial score (nSPS) is 11.4. The summed E-state index contributed by atoms with van der Waals surface area (Å²) in [6, 6.07) is 12.1. The molecule has 0 saturated carbocycles. The molecule has 0 aliphatic carbocycles. The summed E-state index contributed by atoms with van der Waals surface area (Å²) in [5, 5.41) is 0.630. The highest BCUT2D eigenvalue weighted by Gasteiger charge is 2.14. The molecule has 0 heterocycles. The van der Waals surface area contributed by atoms with E-state index in [1.807, 2.05) is 0 Å². The van der Waals surface area contributed by atoms with Crippen molar-refractivity contribution in [3.63, 3.8) is 0 Å². The van der Waals surface area contributed by atoms with Crippen LogP contribution in [0.15, 0.2) is 42.5 Å². The third-order valence-electron chi connectivity index (χ3n) is 3.88. The van der Waals surface area contributed by atoms with Crippen LogP contribution in [-0.2, 0) is 0 Å². The second-order valence-electron chi connectivity index (χ2n) is 6.42. The maximum atomic E-state index is 13.6. The van der Waals surface area contributed by atoms with Gasteiger partial charge in [-0.1, -0.05) is 11.6 Å². The molecule has 0 amide bonds. The number of nitrogens with zero attached hydrogens (tertiary/aromatic N) is 1. The fraction of sp³-hybridized carbons (Fsp3) is 0.400. The molecule has 0 saturated heterocycles. The van der Waals surface area contributed by atoms with Crippen molar-refractivity contribution in [2.75, 3.05) is 13.2 Å². The zero-order valence-corrected chi connectivity index (χ0v) is 15.9. The van der Waals surface area contributed by atoms with Gasteiger partial charge in [0.2, 0.25) is 0 Å². The van der Waals surface area contributed by atoms with Crippen molar-refractivity contribution in [3.05, 3.63) is 53.3 Å². The lowest BCUT2D eigenvalue weighted by Crippen LogP contribution is -2.39. The van der Waals surface area contributed by atoms with Crippen molar-refractivity contribution in [1.82, 2.24) is 4.90 Å². The van der Waals surface area contributed by atoms with Crippen molar-refractivity contribution in [1.29, 1.82) is 0 Å². The van der Waals surface area contributed by atoms with Gasteiger partial charge in [-0.15, -0.1) is 0 Å². The molecule has 136 valence electrons. The lowest BCUT2D eigenvalue weighted by Gasteiger charge is -2.30. The molecule has 2 aromatic rings. The highest BCUT2D eigenvalue weighted by Crippen LogP contribution is 2.32. The monoisotopic (exact) mass is 365 g/mol. The largest absolute Gasteiger partial charge is 0.488 e. The summed E-state index contributed by atoms with van der Waals surface area (Å²) in [4.78, 5) is 2.32. The van der Waals surface area contributed by atoms with E-state index in [1.165, 1.54) is 12.1 Å². The van der Waals surface area contributed by atoms with Crippen molar-refractivity contribution >= 4 is 11.6 Å². The summed E-state index contributed by atoms with van der Waals surface area (Å²) >= 11 is 5.88. The average Bonchev–Trinajstić information content (AvgIpc) is 2.55. The number of ether oxygens (including phenoxy) is 2. The summed E-state index contributed by atoms with van der Waals surface area (Å²) < 4.78 is 25.2. The minimum Gasteiger partial charge on any atom is -0.488 e. The first kappa shape index (κ1) is 19.5. The topological polar surface area (TPSA) is 21.7 Å². The molecule has 0 unspecified atom stereocenters. The molecule has 0 aliphatic heterocycles. The SMILES string of the molecule is CC(C)N(CCOc1cc(F)ccc1Oc1ccc(Cl)cc1)C(C)C. The second kappa shape index (κ2) is 9.07. The Morgan fingerprint density at radius 3 is 2.20 bits per heavy atom. The Morgan fingerprint density at radius 2 is 1.60 bits per heavy atom. The molecular weight excluding hydrogens is 341 g/mol. The number of hydrogen-bond donors (Lipinski definition) is 0. The van der Waals surface area contributed by atoms with Gasteiger partial charge >= 0.3 is 0 Å². The van der Waals surface area contributed by atoms with E-state index in [9.17, 15) is 4.39 Å². The van der Waals surface area contributed by atoms with Gasteiger partial charge in [0.15, 0.2) is 11.5 Å². The maximum absolute atomic E-state index is 13.6.